The molecule has 0 spiro atoms. The summed E-state index contributed by atoms with van der Waals surface area (Å²) in [6.07, 6.45) is 4.23. The fraction of sp³-hybridized carbons (Fsp3) is 0.818. The third-order valence-electron chi connectivity index (χ3n) is 2.41. The summed E-state index contributed by atoms with van der Waals surface area (Å²) in [5, 5.41) is 14.6. The van der Waals surface area contributed by atoms with E-state index in [1.807, 2.05) is 6.92 Å². The molecule has 0 bridgehead atoms. The monoisotopic (exact) mass is 209 g/mol. The summed E-state index contributed by atoms with van der Waals surface area (Å²) in [5.74, 6) is 0.159. The second-order valence-electron chi connectivity index (χ2n) is 4.16. The molecule has 1 atom stereocenters. The van der Waals surface area contributed by atoms with Crippen LogP contribution >= 0.6 is 0 Å². The molecule has 0 radical (unpaired) electrons. The lowest BCUT2D eigenvalue weighted by Gasteiger charge is -2.09. The fourth-order valence-corrected chi connectivity index (χ4v) is 1.33. The van der Waals surface area contributed by atoms with Crippen LogP contribution in [0.5, 0.6) is 0 Å². The third-order valence-corrected chi connectivity index (χ3v) is 2.41. The van der Waals surface area contributed by atoms with Crippen LogP contribution in [0.4, 0.5) is 0 Å². The molecule has 0 aromatic carbocycles. The van der Waals surface area contributed by atoms with Gasteiger partial charge in [0.1, 0.15) is 0 Å². The summed E-state index contributed by atoms with van der Waals surface area (Å²) in [6, 6.07) is 2.79. The van der Waals surface area contributed by atoms with Crippen LogP contribution in [0.15, 0.2) is 0 Å². The number of carbonyl (C=O) groups excluding carboxylic acids is 1. The molecular formula is C11H19N3O. The Morgan fingerprint density at radius 1 is 1.60 bits per heavy atom. The minimum absolute atomic E-state index is 0.159. The molecule has 4 nitrogen and oxygen atoms in total. The minimum atomic E-state index is 0.159. The van der Waals surface area contributed by atoms with Crippen molar-refractivity contribution in [2.45, 2.75) is 51.1 Å². The van der Waals surface area contributed by atoms with Gasteiger partial charge in [-0.05, 0) is 32.7 Å². The maximum atomic E-state index is 11.3. The lowest BCUT2D eigenvalue weighted by atomic mass is 10.2. The number of hydrogen-bond acceptors (Lipinski definition) is 3. The average molecular weight is 209 g/mol. The third kappa shape index (κ3) is 6.08. The molecule has 0 aromatic heterocycles. The van der Waals surface area contributed by atoms with Gasteiger partial charge in [0.15, 0.2) is 0 Å². The second kappa shape index (κ2) is 6.41. The van der Waals surface area contributed by atoms with Crippen LogP contribution in [0.25, 0.3) is 0 Å². The molecule has 2 N–H and O–H groups in total. The van der Waals surface area contributed by atoms with Gasteiger partial charge in [-0.15, -0.1) is 0 Å². The molecular weight excluding hydrogens is 190 g/mol. The number of carbonyl (C=O) groups is 1. The van der Waals surface area contributed by atoms with Crippen molar-refractivity contribution in [2.24, 2.45) is 0 Å². The highest BCUT2D eigenvalue weighted by Crippen LogP contribution is 2.18. The SMILES string of the molecule is CC(CC#N)NCCCC(=O)NC1CC1. The molecule has 0 saturated heterocycles. The van der Waals surface area contributed by atoms with Crippen molar-refractivity contribution in [2.75, 3.05) is 6.54 Å². The predicted octanol–water partition coefficient (Wildman–Crippen LogP) is 0.937. The first-order chi connectivity index (χ1) is 7.22. The number of rotatable bonds is 7. The Morgan fingerprint density at radius 3 is 2.93 bits per heavy atom. The minimum Gasteiger partial charge on any atom is -0.353 e. The first-order valence-corrected chi connectivity index (χ1v) is 5.62. The highest BCUT2D eigenvalue weighted by atomic mass is 16.1. The summed E-state index contributed by atoms with van der Waals surface area (Å²) in [4.78, 5) is 11.3. The molecule has 1 saturated carbocycles. The second-order valence-corrected chi connectivity index (χ2v) is 4.16. The summed E-state index contributed by atoms with van der Waals surface area (Å²) >= 11 is 0. The Balaban J connectivity index is 1.91. The zero-order valence-electron chi connectivity index (χ0n) is 9.25. The highest BCUT2D eigenvalue weighted by molar-refractivity contribution is 5.76. The van der Waals surface area contributed by atoms with Crippen LogP contribution in [0.3, 0.4) is 0 Å². The van der Waals surface area contributed by atoms with Crippen molar-refractivity contribution in [1.82, 2.24) is 10.6 Å². The molecule has 1 aliphatic carbocycles. The van der Waals surface area contributed by atoms with Crippen LogP contribution < -0.4 is 10.6 Å². The first-order valence-electron chi connectivity index (χ1n) is 5.62. The maximum absolute atomic E-state index is 11.3. The predicted molar refractivity (Wildman–Crippen MR) is 58.1 cm³/mol. The molecule has 1 aliphatic rings. The van der Waals surface area contributed by atoms with Gasteiger partial charge in [0.2, 0.25) is 5.91 Å². The molecule has 1 amide bonds. The normalized spacial score (nSPS) is 16.8. The Labute approximate surface area is 91.0 Å². The number of hydrogen-bond donors (Lipinski definition) is 2. The standard InChI is InChI=1S/C11H19N3O/c1-9(6-7-12)13-8-2-3-11(15)14-10-4-5-10/h9-10,13H,2-6,8H2,1H3,(H,14,15). The number of nitrogens with zero attached hydrogens (tertiary/aromatic N) is 1. The topological polar surface area (TPSA) is 64.9 Å². The molecule has 0 heterocycles. The van der Waals surface area contributed by atoms with Crippen molar-refractivity contribution >= 4 is 5.91 Å². The van der Waals surface area contributed by atoms with Gasteiger partial charge in [-0.2, -0.15) is 5.26 Å². The van der Waals surface area contributed by atoms with Crippen molar-refractivity contribution in [3.05, 3.63) is 0 Å². The van der Waals surface area contributed by atoms with E-state index in [9.17, 15) is 4.79 Å². The van der Waals surface area contributed by atoms with E-state index in [4.69, 9.17) is 5.26 Å². The van der Waals surface area contributed by atoms with Gasteiger partial charge >= 0.3 is 0 Å². The molecule has 84 valence electrons. The van der Waals surface area contributed by atoms with Crippen LogP contribution in [0.2, 0.25) is 0 Å². The van der Waals surface area contributed by atoms with Crippen LogP contribution in [-0.4, -0.2) is 24.5 Å². The van der Waals surface area contributed by atoms with Gasteiger partial charge in [-0.25, -0.2) is 0 Å². The van der Waals surface area contributed by atoms with E-state index in [2.05, 4.69) is 16.7 Å². The first kappa shape index (κ1) is 12.0. The van der Waals surface area contributed by atoms with Crippen LogP contribution in [0, 0.1) is 11.3 Å². The Hall–Kier alpha value is -1.08. The summed E-state index contributed by atoms with van der Waals surface area (Å²) < 4.78 is 0. The molecule has 1 fully saturated rings. The van der Waals surface area contributed by atoms with Crippen LogP contribution in [0.1, 0.15) is 39.0 Å². The van der Waals surface area contributed by atoms with Gasteiger partial charge in [0.25, 0.3) is 0 Å². The van der Waals surface area contributed by atoms with Crippen molar-refractivity contribution in [3.63, 3.8) is 0 Å². The summed E-state index contributed by atoms with van der Waals surface area (Å²) in [7, 11) is 0. The van der Waals surface area contributed by atoms with E-state index in [1.165, 1.54) is 0 Å². The molecule has 1 rings (SSSR count). The molecule has 0 aromatic rings. The Bertz CT molecular complexity index is 243. The van der Waals surface area contributed by atoms with E-state index in [0.717, 1.165) is 25.8 Å². The quantitative estimate of drug-likeness (QED) is 0.613. The van der Waals surface area contributed by atoms with Gasteiger partial charge in [0.05, 0.1) is 12.5 Å². The molecule has 15 heavy (non-hydrogen) atoms. The van der Waals surface area contributed by atoms with E-state index in [-0.39, 0.29) is 11.9 Å². The lowest BCUT2D eigenvalue weighted by Crippen LogP contribution is -2.29. The molecule has 0 aliphatic heterocycles. The Morgan fingerprint density at radius 2 is 2.33 bits per heavy atom. The fourth-order valence-electron chi connectivity index (χ4n) is 1.33. The van der Waals surface area contributed by atoms with Gasteiger partial charge < -0.3 is 10.6 Å². The number of amides is 1. The summed E-state index contributed by atoms with van der Waals surface area (Å²) in [5.41, 5.74) is 0. The highest BCUT2D eigenvalue weighted by Gasteiger charge is 2.22. The zero-order valence-corrected chi connectivity index (χ0v) is 9.25. The summed E-state index contributed by atoms with van der Waals surface area (Å²) in [6.45, 7) is 2.79. The van der Waals surface area contributed by atoms with Crippen molar-refractivity contribution in [3.8, 4) is 6.07 Å². The number of nitrogens with one attached hydrogen (secondary N) is 2. The maximum Gasteiger partial charge on any atom is 0.220 e. The van der Waals surface area contributed by atoms with Crippen molar-refractivity contribution in [1.29, 1.82) is 5.26 Å². The molecule has 1 unspecified atom stereocenters. The van der Waals surface area contributed by atoms with E-state index in [0.29, 0.717) is 18.9 Å². The lowest BCUT2D eigenvalue weighted by molar-refractivity contribution is -0.121. The van der Waals surface area contributed by atoms with Gasteiger partial charge in [0, 0.05) is 18.5 Å². The Kier molecular flexibility index (Phi) is 5.13. The van der Waals surface area contributed by atoms with Gasteiger partial charge in [-0.1, -0.05) is 0 Å². The smallest absolute Gasteiger partial charge is 0.220 e. The largest absolute Gasteiger partial charge is 0.353 e. The zero-order chi connectivity index (χ0) is 11.1. The van der Waals surface area contributed by atoms with E-state index in [1.54, 1.807) is 0 Å². The molecule has 4 heteroatoms. The van der Waals surface area contributed by atoms with E-state index >= 15 is 0 Å². The van der Waals surface area contributed by atoms with E-state index < -0.39 is 0 Å². The van der Waals surface area contributed by atoms with Gasteiger partial charge in [-0.3, -0.25) is 4.79 Å². The van der Waals surface area contributed by atoms with Crippen molar-refractivity contribution < 1.29 is 4.79 Å². The van der Waals surface area contributed by atoms with Crippen LogP contribution in [-0.2, 0) is 4.79 Å². The average Bonchev–Trinajstić information content (AvgIpc) is 2.97. The number of nitriles is 1.